The second-order valence-corrected chi connectivity index (χ2v) is 3.43. The Hall–Kier alpha value is -1.48. The zero-order valence-electron chi connectivity index (χ0n) is 8.07. The van der Waals surface area contributed by atoms with Crippen molar-refractivity contribution in [3.8, 4) is 0 Å². The molecule has 0 spiro atoms. The molecule has 0 saturated heterocycles. The minimum Gasteiger partial charge on any atom is -0.495 e. The highest BCUT2D eigenvalue weighted by atomic mass is 35.5. The third kappa shape index (κ3) is 1.70. The predicted octanol–water partition coefficient (Wildman–Crippen LogP) is 2.17. The molecule has 1 aliphatic rings. The smallest absolute Gasteiger partial charge is 0.344 e. The average molecular weight is 225 g/mol. The van der Waals surface area contributed by atoms with E-state index < -0.39 is 11.5 Å². The molecule has 0 aliphatic carbocycles. The van der Waals surface area contributed by atoms with Gasteiger partial charge in [-0.25, -0.2) is 4.79 Å². The number of carbonyl (C=O) groups is 1. The van der Waals surface area contributed by atoms with E-state index in [0.29, 0.717) is 11.3 Å². The zero-order chi connectivity index (χ0) is 10.8. The van der Waals surface area contributed by atoms with Crippen LogP contribution in [0.3, 0.4) is 0 Å². The lowest BCUT2D eigenvalue weighted by Crippen LogP contribution is -2.03. The van der Waals surface area contributed by atoms with Crippen LogP contribution in [0.5, 0.6) is 0 Å². The molecule has 3 nitrogen and oxygen atoms in total. The van der Waals surface area contributed by atoms with Crippen molar-refractivity contribution in [1.82, 2.24) is 0 Å². The number of benzene rings is 1. The van der Waals surface area contributed by atoms with Gasteiger partial charge in [0.2, 0.25) is 5.56 Å². The van der Waals surface area contributed by atoms with Gasteiger partial charge in [-0.15, -0.1) is 0 Å². The van der Waals surface area contributed by atoms with Crippen LogP contribution in [0.2, 0.25) is 0 Å². The van der Waals surface area contributed by atoms with Crippen LogP contribution in [0, 0.1) is 0 Å². The summed E-state index contributed by atoms with van der Waals surface area (Å²) in [6.45, 7) is 0. The molecular weight excluding hydrogens is 216 g/mol. The van der Waals surface area contributed by atoms with Crippen LogP contribution in [0.15, 0.2) is 36.1 Å². The molecule has 0 aromatic heterocycles. The van der Waals surface area contributed by atoms with Crippen molar-refractivity contribution in [2.24, 2.45) is 0 Å². The molecule has 0 N–H and O–H groups in total. The zero-order valence-corrected chi connectivity index (χ0v) is 8.82. The van der Waals surface area contributed by atoms with Crippen LogP contribution in [-0.2, 0) is 14.3 Å². The van der Waals surface area contributed by atoms with Gasteiger partial charge in [-0.3, -0.25) is 0 Å². The monoisotopic (exact) mass is 224 g/mol. The van der Waals surface area contributed by atoms with Gasteiger partial charge >= 0.3 is 5.97 Å². The minimum absolute atomic E-state index is 0.368. The third-order valence-corrected chi connectivity index (χ3v) is 2.44. The summed E-state index contributed by atoms with van der Waals surface area (Å²) in [4.78, 5) is 11.5. The van der Waals surface area contributed by atoms with E-state index in [1.54, 1.807) is 0 Å². The van der Waals surface area contributed by atoms with E-state index >= 15 is 0 Å². The van der Waals surface area contributed by atoms with Crippen molar-refractivity contribution in [2.45, 2.75) is 5.56 Å². The minimum atomic E-state index is -0.822. The van der Waals surface area contributed by atoms with Gasteiger partial charge in [0.1, 0.15) is 5.57 Å². The summed E-state index contributed by atoms with van der Waals surface area (Å²) in [5.74, 6) is -0.0779. The van der Waals surface area contributed by atoms with Crippen LogP contribution in [-0.4, -0.2) is 18.6 Å². The van der Waals surface area contributed by atoms with Gasteiger partial charge in [-0.1, -0.05) is 41.9 Å². The summed E-state index contributed by atoms with van der Waals surface area (Å²) < 4.78 is 9.92. The number of methoxy groups -OCH3 is 1. The maximum atomic E-state index is 11.5. The highest BCUT2D eigenvalue weighted by molar-refractivity contribution is 6.29. The van der Waals surface area contributed by atoms with Gasteiger partial charge in [0.25, 0.3) is 0 Å². The number of ether oxygens (including phenoxy) is 2. The van der Waals surface area contributed by atoms with Gasteiger partial charge in [-0.05, 0) is 5.56 Å². The molecular formula is C11H9ClO3. The number of cyclic esters (lactones) is 1. The highest BCUT2D eigenvalue weighted by Gasteiger charge is 2.34. The lowest BCUT2D eigenvalue weighted by Gasteiger charge is -2.04. The summed E-state index contributed by atoms with van der Waals surface area (Å²) in [6.07, 6.45) is 0. The standard InChI is InChI=1S/C11H9ClO3/c1-14-9-8(11(13)15-10(9)12)7-5-3-2-4-6-7/h2-6,10H,1H3. The summed E-state index contributed by atoms with van der Waals surface area (Å²) in [5, 5.41) is 0. The van der Waals surface area contributed by atoms with Gasteiger partial charge in [0, 0.05) is 0 Å². The van der Waals surface area contributed by atoms with Crippen molar-refractivity contribution >= 4 is 23.1 Å². The van der Waals surface area contributed by atoms with E-state index in [4.69, 9.17) is 21.1 Å². The lowest BCUT2D eigenvalue weighted by molar-refractivity contribution is -0.135. The molecule has 0 radical (unpaired) electrons. The number of esters is 1. The van der Waals surface area contributed by atoms with Gasteiger partial charge in [-0.2, -0.15) is 0 Å². The fraction of sp³-hybridized carbons (Fsp3) is 0.182. The molecule has 1 unspecified atom stereocenters. The number of rotatable bonds is 2. The first-order valence-corrected chi connectivity index (χ1v) is 4.86. The second kappa shape index (κ2) is 3.95. The molecule has 1 aromatic carbocycles. The third-order valence-electron chi connectivity index (χ3n) is 2.15. The Morgan fingerprint density at radius 1 is 1.33 bits per heavy atom. The Kier molecular flexibility index (Phi) is 2.64. The quantitative estimate of drug-likeness (QED) is 0.571. The molecule has 0 fully saturated rings. The number of hydrogen-bond acceptors (Lipinski definition) is 3. The maximum absolute atomic E-state index is 11.5. The second-order valence-electron chi connectivity index (χ2n) is 3.03. The Labute approximate surface area is 92.3 Å². The summed E-state index contributed by atoms with van der Waals surface area (Å²) in [7, 11) is 1.47. The van der Waals surface area contributed by atoms with Gasteiger partial charge in [0.05, 0.1) is 7.11 Å². The molecule has 78 valence electrons. The first kappa shape index (κ1) is 10.1. The van der Waals surface area contributed by atoms with E-state index in [0.717, 1.165) is 5.56 Å². The predicted molar refractivity (Wildman–Crippen MR) is 56.1 cm³/mol. The molecule has 1 aromatic rings. The molecule has 0 saturated carbocycles. The van der Waals surface area contributed by atoms with Crippen molar-refractivity contribution in [3.63, 3.8) is 0 Å². The number of hydrogen-bond donors (Lipinski definition) is 0. The lowest BCUT2D eigenvalue weighted by atomic mass is 10.1. The van der Waals surface area contributed by atoms with Crippen LogP contribution in [0.25, 0.3) is 5.57 Å². The fourth-order valence-corrected chi connectivity index (χ4v) is 1.76. The molecule has 4 heteroatoms. The Balaban J connectivity index is 2.50. The molecule has 0 amide bonds. The fourth-order valence-electron chi connectivity index (χ4n) is 1.48. The first-order chi connectivity index (χ1) is 7.24. The first-order valence-electron chi connectivity index (χ1n) is 4.42. The summed E-state index contributed by atoms with van der Waals surface area (Å²) in [5.41, 5.74) is 0.332. The Morgan fingerprint density at radius 3 is 2.60 bits per heavy atom. The van der Waals surface area contributed by atoms with Crippen LogP contribution >= 0.6 is 11.6 Å². The van der Waals surface area contributed by atoms with Crippen molar-refractivity contribution in [2.75, 3.05) is 7.11 Å². The van der Waals surface area contributed by atoms with Crippen LogP contribution < -0.4 is 0 Å². The SMILES string of the molecule is COC1=C(c2ccccc2)C(=O)OC1Cl. The molecule has 1 aliphatic heterocycles. The topological polar surface area (TPSA) is 35.5 Å². The maximum Gasteiger partial charge on any atom is 0.344 e. The van der Waals surface area contributed by atoms with E-state index in [1.807, 2.05) is 30.3 Å². The van der Waals surface area contributed by atoms with Gasteiger partial charge < -0.3 is 9.47 Å². The average Bonchev–Trinajstić information content (AvgIpc) is 2.54. The van der Waals surface area contributed by atoms with Crippen molar-refractivity contribution in [1.29, 1.82) is 0 Å². The molecule has 0 bridgehead atoms. The molecule has 2 rings (SSSR count). The van der Waals surface area contributed by atoms with E-state index in [2.05, 4.69) is 0 Å². The number of halogens is 1. The van der Waals surface area contributed by atoms with E-state index in [9.17, 15) is 4.79 Å². The van der Waals surface area contributed by atoms with Gasteiger partial charge in [0.15, 0.2) is 5.76 Å². The van der Waals surface area contributed by atoms with E-state index in [1.165, 1.54) is 7.11 Å². The Bertz CT molecular complexity index is 411. The molecule has 1 heterocycles. The summed E-state index contributed by atoms with van der Waals surface area (Å²) in [6, 6.07) is 9.17. The van der Waals surface area contributed by atoms with Crippen LogP contribution in [0.1, 0.15) is 5.56 Å². The van der Waals surface area contributed by atoms with E-state index in [-0.39, 0.29) is 0 Å². The number of alkyl halides is 1. The van der Waals surface area contributed by atoms with Crippen molar-refractivity contribution in [3.05, 3.63) is 41.7 Å². The number of carbonyl (C=O) groups excluding carboxylic acids is 1. The largest absolute Gasteiger partial charge is 0.495 e. The van der Waals surface area contributed by atoms with Crippen molar-refractivity contribution < 1.29 is 14.3 Å². The molecule has 1 atom stereocenters. The summed E-state index contributed by atoms with van der Waals surface area (Å²) >= 11 is 5.79. The molecule has 15 heavy (non-hydrogen) atoms. The Morgan fingerprint density at radius 2 is 2.00 bits per heavy atom. The normalized spacial score (nSPS) is 20.4. The van der Waals surface area contributed by atoms with Crippen LogP contribution in [0.4, 0.5) is 0 Å². The highest BCUT2D eigenvalue weighted by Crippen LogP contribution is 2.32.